The summed E-state index contributed by atoms with van der Waals surface area (Å²) < 4.78 is 0. The molecule has 0 fully saturated rings. The van der Waals surface area contributed by atoms with Crippen molar-refractivity contribution < 1.29 is 0 Å². The smallest absolute Gasteiger partial charge is 0.0800 e. The zero-order chi connectivity index (χ0) is 10.7. The Morgan fingerprint density at radius 3 is 2.47 bits per heavy atom. The highest BCUT2D eigenvalue weighted by Gasteiger charge is 2.41. The summed E-state index contributed by atoms with van der Waals surface area (Å²) in [5.41, 5.74) is 1.67. The zero-order valence-corrected chi connectivity index (χ0v) is 10.2. The van der Waals surface area contributed by atoms with E-state index in [1.54, 1.807) is 0 Å². The van der Waals surface area contributed by atoms with E-state index in [0.717, 1.165) is 18.7 Å². The Hall–Kier alpha value is -0.760. The van der Waals surface area contributed by atoms with Crippen molar-refractivity contribution in [3.8, 4) is 0 Å². The topological polar surface area (TPSA) is 12.4 Å². The summed E-state index contributed by atoms with van der Waals surface area (Å²) in [5, 5.41) is 1.33. The molecule has 1 atom stereocenters. The van der Waals surface area contributed by atoms with Crippen molar-refractivity contribution in [2.75, 3.05) is 12.3 Å². The molecule has 2 heteroatoms. The molecule has 1 aliphatic rings. The van der Waals surface area contributed by atoms with Crippen molar-refractivity contribution in [3.05, 3.63) is 35.9 Å². The number of rotatable bonds is 3. The molecular weight excluding hydrogens is 202 g/mol. The Kier molecular flexibility index (Phi) is 3.15. The first kappa shape index (κ1) is 10.7. The lowest BCUT2D eigenvalue weighted by Gasteiger charge is -2.40. The molecule has 0 amide bonds. The van der Waals surface area contributed by atoms with Gasteiger partial charge in [-0.1, -0.05) is 44.2 Å². The van der Waals surface area contributed by atoms with Crippen LogP contribution in [0.15, 0.2) is 35.3 Å². The first-order valence-electron chi connectivity index (χ1n) is 5.56. The predicted octanol–water partition coefficient (Wildman–Crippen LogP) is 3.50. The highest BCUT2D eigenvalue weighted by Crippen LogP contribution is 2.40. The number of aliphatic imine (C=N–C) groups is 1. The van der Waals surface area contributed by atoms with Crippen LogP contribution in [0.2, 0.25) is 0 Å². The second-order valence-corrected chi connectivity index (χ2v) is 5.11. The first-order chi connectivity index (χ1) is 7.33. The standard InChI is InChI=1S/C13H17NS/c1-3-13(10-14-12(13)15-4-2)11-8-6-5-7-9-11/h5-9H,3-4,10H2,1-2H3. The lowest BCUT2D eigenvalue weighted by Crippen LogP contribution is -2.44. The lowest BCUT2D eigenvalue weighted by atomic mass is 9.75. The van der Waals surface area contributed by atoms with Gasteiger partial charge in [0.05, 0.1) is 17.0 Å². The van der Waals surface area contributed by atoms with E-state index in [1.807, 2.05) is 11.8 Å². The molecule has 1 aromatic rings. The molecule has 0 saturated carbocycles. The molecular formula is C13H17NS. The molecule has 0 saturated heterocycles. The van der Waals surface area contributed by atoms with Gasteiger partial charge in [0.15, 0.2) is 0 Å². The van der Waals surface area contributed by atoms with E-state index >= 15 is 0 Å². The van der Waals surface area contributed by atoms with Crippen LogP contribution in [0.5, 0.6) is 0 Å². The lowest BCUT2D eigenvalue weighted by molar-refractivity contribution is 0.528. The Balaban J connectivity index is 2.29. The van der Waals surface area contributed by atoms with Crippen LogP contribution in [0.25, 0.3) is 0 Å². The maximum atomic E-state index is 4.54. The molecule has 80 valence electrons. The van der Waals surface area contributed by atoms with Gasteiger partial charge in [0.2, 0.25) is 0 Å². The van der Waals surface area contributed by atoms with Crippen LogP contribution in [-0.2, 0) is 5.41 Å². The molecule has 0 bridgehead atoms. The van der Waals surface area contributed by atoms with Crippen molar-refractivity contribution in [3.63, 3.8) is 0 Å². The van der Waals surface area contributed by atoms with Gasteiger partial charge in [-0.25, -0.2) is 0 Å². The normalized spacial score (nSPS) is 24.5. The predicted molar refractivity (Wildman–Crippen MR) is 68.8 cm³/mol. The van der Waals surface area contributed by atoms with Crippen molar-refractivity contribution in [1.82, 2.24) is 0 Å². The highest BCUT2D eigenvalue weighted by molar-refractivity contribution is 8.14. The number of nitrogens with zero attached hydrogens (tertiary/aromatic N) is 1. The second-order valence-electron chi connectivity index (χ2n) is 3.86. The minimum Gasteiger partial charge on any atom is -0.281 e. The molecule has 1 aromatic carbocycles. The molecule has 1 heterocycles. The van der Waals surface area contributed by atoms with E-state index in [9.17, 15) is 0 Å². The number of hydrogen-bond donors (Lipinski definition) is 0. The minimum absolute atomic E-state index is 0.238. The number of thioether (sulfide) groups is 1. The maximum Gasteiger partial charge on any atom is 0.0800 e. The van der Waals surface area contributed by atoms with Crippen molar-refractivity contribution in [2.24, 2.45) is 4.99 Å². The molecule has 0 aliphatic carbocycles. The van der Waals surface area contributed by atoms with Gasteiger partial charge in [0.25, 0.3) is 0 Å². The van der Waals surface area contributed by atoms with Crippen molar-refractivity contribution in [1.29, 1.82) is 0 Å². The summed E-state index contributed by atoms with van der Waals surface area (Å²) in [4.78, 5) is 4.54. The van der Waals surface area contributed by atoms with Crippen LogP contribution in [0.1, 0.15) is 25.8 Å². The van der Waals surface area contributed by atoms with E-state index in [-0.39, 0.29) is 5.41 Å². The fourth-order valence-electron chi connectivity index (χ4n) is 2.09. The van der Waals surface area contributed by atoms with Crippen LogP contribution in [0.3, 0.4) is 0 Å². The fraction of sp³-hybridized carbons (Fsp3) is 0.462. The molecule has 0 radical (unpaired) electrons. The second kappa shape index (κ2) is 4.40. The summed E-state index contributed by atoms with van der Waals surface area (Å²) >= 11 is 1.89. The molecule has 1 aliphatic heterocycles. The maximum absolute atomic E-state index is 4.54. The van der Waals surface area contributed by atoms with Gasteiger partial charge in [-0.15, -0.1) is 11.8 Å². The Labute approximate surface area is 96.0 Å². The SMILES string of the molecule is CCSC1=NCC1(CC)c1ccccc1. The van der Waals surface area contributed by atoms with E-state index in [4.69, 9.17) is 0 Å². The van der Waals surface area contributed by atoms with Gasteiger partial charge in [-0.05, 0) is 17.7 Å². The molecule has 2 rings (SSSR count). The van der Waals surface area contributed by atoms with Gasteiger partial charge >= 0.3 is 0 Å². The van der Waals surface area contributed by atoms with E-state index in [1.165, 1.54) is 10.6 Å². The molecule has 0 aromatic heterocycles. The van der Waals surface area contributed by atoms with Gasteiger partial charge < -0.3 is 0 Å². The Morgan fingerprint density at radius 2 is 2.00 bits per heavy atom. The zero-order valence-electron chi connectivity index (χ0n) is 9.36. The van der Waals surface area contributed by atoms with Gasteiger partial charge in [0, 0.05) is 0 Å². The summed E-state index contributed by atoms with van der Waals surface area (Å²) in [6.07, 6.45) is 1.16. The van der Waals surface area contributed by atoms with Crippen molar-refractivity contribution >= 4 is 16.8 Å². The van der Waals surface area contributed by atoms with Crippen LogP contribution in [0, 0.1) is 0 Å². The third kappa shape index (κ3) is 1.71. The third-order valence-electron chi connectivity index (χ3n) is 3.11. The first-order valence-corrected chi connectivity index (χ1v) is 6.55. The van der Waals surface area contributed by atoms with Gasteiger partial charge in [-0.2, -0.15) is 0 Å². The molecule has 0 N–H and O–H groups in total. The Bertz CT molecular complexity index is 358. The quantitative estimate of drug-likeness (QED) is 0.758. The van der Waals surface area contributed by atoms with Crippen LogP contribution in [0.4, 0.5) is 0 Å². The summed E-state index contributed by atoms with van der Waals surface area (Å²) in [7, 11) is 0. The molecule has 1 nitrogen and oxygen atoms in total. The summed E-state index contributed by atoms with van der Waals surface area (Å²) in [6, 6.07) is 10.8. The van der Waals surface area contributed by atoms with Crippen LogP contribution < -0.4 is 0 Å². The molecule has 15 heavy (non-hydrogen) atoms. The van der Waals surface area contributed by atoms with Crippen LogP contribution in [-0.4, -0.2) is 17.3 Å². The van der Waals surface area contributed by atoms with Gasteiger partial charge in [-0.3, -0.25) is 4.99 Å². The molecule has 0 spiro atoms. The molecule has 1 unspecified atom stereocenters. The largest absolute Gasteiger partial charge is 0.281 e. The minimum atomic E-state index is 0.238. The Morgan fingerprint density at radius 1 is 1.27 bits per heavy atom. The average molecular weight is 219 g/mol. The number of hydrogen-bond acceptors (Lipinski definition) is 2. The summed E-state index contributed by atoms with van der Waals surface area (Å²) in [5.74, 6) is 1.12. The van der Waals surface area contributed by atoms with Crippen molar-refractivity contribution in [2.45, 2.75) is 25.7 Å². The third-order valence-corrected chi connectivity index (χ3v) is 4.19. The van der Waals surface area contributed by atoms with E-state index in [0.29, 0.717) is 0 Å². The monoisotopic (exact) mass is 219 g/mol. The fourth-order valence-corrected chi connectivity index (χ4v) is 3.13. The van der Waals surface area contributed by atoms with E-state index in [2.05, 4.69) is 49.2 Å². The number of benzene rings is 1. The summed E-state index contributed by atoms with van der Waals surface area (Å²) in [6.45, 7) is 5.42. The van der Waals surface area contributed by atoms with E-state index < -0.39 is 0 Å². The highest BCUT2D eigenvalue weighted by atomic mass is 32.2. The average Bonchev–Trinajstić information content (AvgIpc) is 2.27. The van der Waals surface area contributed by atoms with Gasteiger partial charge in [0.1, 0.15) is 0 Å². The van der Waals surface area contributed by atoms with Crippen LogP contribution >= 0.6 is 11.8 Å².